The average Bonchev–Trinajstić information content (AvgIpc) is 3.04. The highest BCUT2D eigenvalue weighted by atomic mass is 16.5. The fourth-order valence-corrected chi connectivity index (χ4v) is 7.19. The molecule has 2 heteroatoms. The number of allylic oxidation sites excluding steroid dienone is 4. The van der Waals surface area contributed by atoms with Gasteiger partial charge in [0, 0.05) is 5.41 Å². The molecule has 0 aliphatic heterocycles. The van der Waals surface area contributed by atoms with E-state index in [1.165, 1.54) is 43.2 Å². The van der Waals surface area contributed by atoms with Crippen molar-refractivity contribution in [1.82, 2.24) is 0 Å². The van der Waals surface area contributed by atoms with Crippen LogP contribution in [0.15, 0.2) is 54.1 Å². The van der Waals surface area contributed by atoms with Crippen molar-refractivity contribution in [2.45, 2.75) is 65.1 Å². The zero-order valence-corrected chi connectivity index (χ0v) is 17.2. The number of carbonyl (C=O) groups excluding carboxylic acids is 1. The monoisotopic (exact) mass is 376 g/mol. The molecule has 0 saturated heterocycles. The molecule has 0 amide bonds. The molecule has 6 unspecified atom stereocenters. The van der Waals surface area contributed by atoms with Crippen LogP contribution in [0.25, 0.3) is 0 Å². The maximum absolute atomic E-state index is 11.9. The smallest absolute Gasteiger partial charge is 0.178 e. The minimum absolute atomic E-state index is 0.0984. The Morgan fingerprint density at radius 2 is 1.86 bits per heavy atom. The van der Waals surface area contributed by atoms with Gasteiger partial charge < -0.3 is 4.74 Å². The van der Waals surface area contributed by atoms with Gasteiger partial charge in [-0.3, -0.25) is 4.79 Å². The fraction of sp³-hybridized carbons (Fsp3) is 0.577. The summed E-state index contributed by atoms with van der Waals surface area (Å²) in [5.74, 6) is 2.39. The number of hydrogen-bond donors (Lipinski definition) is 0. The Hall–Kier alpha value is -1.67. The lowest BCUT2D eigenvalue weighted by Gasteiger charge is -2.56. The SMILES string of the molecule is CC12C=CC(=O)C=C1CCC1C2CCC2(C)C(OCc3ccccc3)CCC12. The van der Waals surface area contributed by atoms with Crippen molar-refractivity contribution >= 4 is 5.78 Å². The summed E-state index contributed by atoms with van der Waals surface area (Å²) in [5, 5.41) is 0. The third kappa shape index (κ3) is 2.76. The Bertz CT molecular complexity index is 822. The zero-order valence-electron chi connectivity index (χ0n) is 17.2. The van der Waals surface area contributed by atoms with Gasteiger partial charge in [-0.1, -0.05) is 55.8 Å². The zero-order chi connectivity index (χ0) is 19.4. The lowest BCUT2D eigenvalue weighted by atomic mass is 9.48. The number of hydrogen-bond acceptors (Lipinski definition) is 2. The van der Waals surface area contributed by atoms with Gasteiger partial charge in [-0.25, -0.2) is 0 Å². The Morgan fingerprint density at radius 1 is 1.04 bits per heavy atom. The number of fused-ring (bicyclic) bond motifs is 5. The highest BCUT2D eigenvalue weighted by Crippen LogP contribution is 2.64. The number of rotatable bonds is 3. The van der Waals surface area contributed by atoms with E-state index in [9.17, 15) is 4.79 Å². The molecule has 1 aromatic carbocycles. The molecule has 0 bridgehead atoms. The van der Waals surface area contributed by atoms with Crippen molar-refractivity contribution in [3.8, 4) is 0 Å². The summed E-state index contributed by atoms with van der Waals surface area (Å²) in [4.78, 5) is 11.9. The second-order valence-electron chi connectivity index (χ2n) is 10.0. The van der Waals surface area contributed by atoms with Gasteiger partial charge in [-0.2, -0.15) is 0 Å². The van der Waals surface area contributed by atoms with E-state index in [4.69, 9.17) is 4.74 Å². The standard InChI is InChI=1S/C26H32O2/c1-25-14-12-20(27)16-19(25)8-9-21-22-10-11-24(26(22,2)15-13-23(21)25)28-17-18-6-4-3-5-7-18/h3-7,12,14,16,21-24H,8-11,13,15,17H2,1-2H3. The van der Waals surface area contributed by atoms with Crippen LogP contribution in [0.2, 0.25) is 0 Å². The Labute approximate surface area is 169 Å². The van der Waals surface area contributed by atoms with Crippen LogP contribution in [0.3, 0.4) is 0 Å². The van der Waals surface area contributed by atoms with Gasteiger partial charge in [0.1, 0.15) is 0 Å². The van der Waals surface area contributed by atoms with Crippen LogP contribution in [0.1, 0.15) is 57.9 Å². The van der Waals surface area contributed by atoms with E-state index in [1.807, 2.05) is 12.2 Å². The van der Waals surface area contributed by atoms with Crippen LogP contribution in [0, 0.1) is 28.6 Å². The first-order valence-corrected chi connectivity index (χ1v) is 11.1. The first-order valence-electron chi connectivity index (χ1n) is 11.1. The first-order chi connectivity index (χ1) is 13.5. The quantitative estimate of drug-likeness (QED) is 0.658. The van der Waals surface area contributed by atoms with Gasteiger partial charge in [0.05, 0.1) is 12.7 Å². The van der Waals surface area contributed by atoms with Gasteiger partial charge in [-0.15, -0.1) is 0 Å². The summed E-state index contributed by atoms with van der Waals surface area (Å²) >= 11 is 0. The largest absolute Gasteiger partial charge is 0.373 e. The summed E-state index contributed by atoms with van der Waals surface area (Å²) in [6, 6.07) is 10.6. The molecule has 5 rings (SSSR count). The van der Waals surface area contributed by atoms with E-state index in [0.29, 0.717) is 17.4 Å². The molecule has 3 saturated carbocycles. The molecule has 6 atom stereocenters. The Balaban J connectivity index is 1.35. The molecular formula is C26H32O2. The lowest BCUT2D eigenvalue weighted by Crippen LogP contribution is -2.50. The minimum atomic E-state index is 0.0984. The lowest BCUT2D eigenvalue weighted by molar-refractivity contribution is -0.111. The fourth-order valence-electron chi connectivity index (χ4n) is 7.19. The van der Waals surface area contributed by atoms with Gasteiger partial charge in [-0.05, 0) is 79.4 Å². The molecule has 3 fully saturated rings. The minimum Gasteiger partial charge on any atom is -0.373 e. The van der Waals surface area contributed by atoms with Crippen molar-refractivity contribution < 1.29 is 9.53 Å². The molecule has 1 aromatic rings. The predicted octanol–water partition coefficient (Wildman–Crippen LogP) is 5.88. The third-order valence-corrected chi connectivity index (χ3v) is 8.76. The molecule has 2 nitrogen and oxygen atoms in total. The molecule has 0 heterocycles. The topological polar surface area (TPSA) is 26.3 Å². The maximum Gasteiger partial charge on any atom is 0.178 e. The molecule has 4 aliphatic carbocycles. The van der Waals surface area contributed by atoms with Crippen LogP contribution in [0.5, 0.6) is 0 Å². The van der Waals surface area contributed by atoms with Crippen LogP contribution >= 0.6 is 0 Å². The molecule has 28 heavy (non-hydrogen) atoms. The second-order valence-corrected chi connectivity index (χ2v) is 10.0. The summed E-state index contributed by atoms with van der Waals surface area (Å²) < 4.78 is 6.52. The number of carbonyl (C=O) groups is 1. The highest BCUT2D eigenvalue weighted by Gasteiger charge is 2.58. The van der Waals surface area contributed by atoms with Crippen LogP contribution in [-0.2, 0) is 16.1 Å². The summed E-state index contributed by atoms with van der Waals surface area (Å²) in [6.45, 7) is 5.63. The van der Waals surface area contributed by atoms with E-state index in [0.717, 1.165) is 24.9 Å². The van der Waals surface area contributed by atoms with Crippen molar-refractivity contribution in [2.24, 2.45) is 28.6 Å². The van der Waals surface area contributed by atoms with Crippen molar-refractivity contribution in [3.63, 3.8) is 0 Å². The van der Waals surface area contributed by atoms with Crippen LogP contribution < -0.4 is 0 Å². The number of benzene rings is 1. The molecular weight excluding hydrogens is 344 g/mol. The normalized spacial score (nSPS) is 41.8. The van der Waals surface area contributed by atoms with Crippen LogP contribution in [-0.4, -0.2) is 11.9 Å². The Morgan fingerprint density at radius 3 is 2.68 bits per heavy atom. The second kappa shape index (κ2) is 6.69. The summed E-state index contributed by atoms with van der Waals surface area (Å²) in [7, 11) is 0. The number of ketones is 1. The van der Waals surface area contributed by atoms with Crippen molar-refractivity contribution in [3.05, 3.63) is 59.7 Å². The van der Waals surface area contributed by atoms with Gasteiger partial charge >= 0.3 is 0 Å². The van der Waals surface area contributed by atoms with Crippen LogP contribution in [0.4, 0.5) is 0 Å². The van der Waals surface area contributed by atoms with Crippen molar-refractivity contribution in [2.75, 3.05) is 0 Å². The van der Waals surface area contributed by atoms with Crippen molar-refractivity contribution in [1.29, 1.82) is 0 Å². The molecule has 0 aromatic heterocycles. The van der Waals surface area contributed by atoms with E-state index in [2.05, 4.69) is 50.3 Å². The van der Waals surface area contributed by atoms with Gasteiger partial charge in [0.2, 0.25) is 0 Å². The molecule has 0 radical (unpaired) electrons. The predicted molar refractivity (Wildman–Crippen MR) is 112 cm³/mol. The Kier molecular flexibility index (Phi) is 4.39. The maximum atomic E-state index is 11.9. The summed E-state index contributed by atoms with van der Waals surface area (Å²) in [6.07, 6.45) is 13.7. The van der Waals surface area contributed by atoms with E-state index in [1.54, 1.807) is 0 Å². The molecule has 148 valence electrons. The van der Waals surface area contributed by atoms with Gasteiger partial charge in [0.15, 0.2) is 5.78 Å². The van der Waals surface area contributed by atoms with E-state index >= 15 is 0 Å². The first kappa shape index (κ1) is 18.4. The summed E-state index contributed by atoms with van der Waals surface area (Å²) in [5.41, 5.74) is 3.07. The molecule has 4 aliphatic rings. The van der Waals surface area contributed by atoms with Gasteiger partial charge in [0.25, 0.3) is 0 Å². The molecule has 0 N–H and O–H groups in total. The number of ether oxygens (including phenoxy) is 1. The molecule has 0 spiro atoms. The van der Waals surface area contributed by atoms with E-state index in [-0.39, 0.29) is 11.2 Å². The van der Waals surface area contributed by atoms with E-state index < -0.39 is 0 Å². The highest BCUT2D eigenvalue weighted by molar-refractivity contribution is 6.01. The third-order valence-electron chi connectivity index (χ3n) is 8.76. The average molecular weight is 377 g/mol.